The number of rotatable bonds is 4. The van der Waals surface area contributed by atoms with Gasteiger partial charge in [0.2, 0.25) is 0 Å². The Kier molecular flexibility index (Phi) is 5.63. The lowest BCUT2D eigenvalue weighted by Gasteiger charge is -2.06. The van der Waals surface area contributed by atoms with Gasteiger partial charge < -0.3 is 9.47 Å². The van der Waals surface area contributed by atoms with E-state index in [-0.39, 0.29) is 10.8 Å². The van der Waals surface area contributed by atoms with Crippen molar-refractivity contribution in [2.45, 2.75) is 11.8 Å². The van der Waals surface area contributed by atoms with Crippen LogP contribution in [0.1, 0.15) is 6.92 Å². The molecule has 0 amide bonds. The van der Waals surface area contributed by atoms with Gasteiger partial charge in [-0.25, -0.2) is 0 Å². The molecule has 0 aromatic rings. The van der Waals surface area contributed by atoms with Crippen molar-refractivity contribution >= 4 is 21.9 Å². The highest BCUT2D eigenvalue weighted by atomic mass is 79.9. The van der Waals surface area contributed by atoms with E-state index in [9.17, 15) is 4.79 Å². The number of alkyl halides is 1. The molecular formula is C6H11BrO3. The number of ether oxygens (including phenoxy) is 2. The van der Waals surface area contributed by atoms with Crippen LogP contribution in [-0.4, -0.2) is 31.1 Å². The summed E-state index contributed by atoms with van der Waals surface area (Å²) in [4.78, 5) is 10.4. The molecule has 1 unspecified atom stereocenters. The van der Waals surface area contributed by atoms with Gasteiger partial charge in [-0.3, -0.25) is 4.79 Å². The van der Waals surface area contributed by atoms with Gasteiger partial charge in [0.25, 0.3) is 0 Å². The monoisotopic (exact) mass is 210 g/mol. The van der Waals surface area contributed by atoms with Crippen LogP contribution in [0.3, 0.4) is 0 Å². The fraction of sp³-hybridized carbons (Fsp3) is 0.833. The second-order valence-corrected chi connectivity index (χ2v) is 2.78. The highest BCUT2D eigenvalue weighted by Crippen LogP contribution is 2.01. The minimum absolute atomic E-state index is 0.274. The van der Waals surface area contributed by atoms with Gasteiger partial charge in [0, 0.05) is 7.11 Å². The first kappa shape index (κ1) is 9.91. The van der Waals surface area contributed by atoms with Crippen molar-refractivity contribution in [2.75, 3.05) is 20.3 Å². The lowest BCUT2D eigenvalue weighted by molar-refractivity contribution is -0.143. The summed E-state index contributed by atoms with van der Waals surface area (Å²) < 4.78 is 9.41. The molecular weight excluding hydrogens is 200 g/mol. The zero-order valence-corrected chi connectivity index (χ0v) is 7.68. The average Bonchev–Trinajstić information content (AvgIpc) is 1.89. The average molecular weight is 211 g/mol. The molecule has 0 radical (unpaired) electrons. The maximum Gasteiger partial charge on any atom is 0.322 e. The van der Waals surface area contributed by atoms with Gasteiger partial charge in [-0.05, 0) is 6.92 Å². The Morgan fingerprint density at radius 1 is 1.70 bits per heavy atom. The predicted molar refractivity (Wildman–Crippen MR) is 41.2 cm³/mol. The fourth-order valence-corrected chi connectivity index (χ4v) is 0.844. The molecule has 1 atom stereocenters. The molecule has 0 saturated carbocycles. The van der Waals surface area contributed by atoms with Gasteiger partial charge in [-0.1, -0.05) is 15.9 Å². The molecule has 0 aliphatic rings. The number of hydrogen-bond donors (Lipinski definition) is 0. The van der Waals surface area contributed by atoms with Gasteiger partial charge in [0.05, 0.1) is 13.2 Å². The SMILES string of the molecule is CCOC(=O)C(Br)COC. The van der Waals surface area contributed by atoms with Gasteiger partial charge in [0.15, 0.2) is 0 Å². The fourth-order valence-electron chi connectivity index (χ4n) is 0.447. The molecule has 0 aliphatic heterocycles. The van der Waals surface area contributed by atoms with Crippen molar-refractivity contribution in [3.05, 3.63) is 0 Å². The van der Waals surface area contributed by atoms with E-state index in [1.165, 1.54) is 7.11 Å². The third kappa shape index (κ3) is 3.85. The first-order chi connectivity index (χ1) is 4.72. The van der Waals surface area contributed by atoms with Crippen molar-refractivity contribution in [2.24, 2.45) is 0 Å². The first-order valence-electron chi connectivity index (χ1n) is 3.02. The Labute approximate surface area is 68.8 Å². The van der Waals surface area contributed by atoms with Crippen molar-refractivity contribution in [3.63, 3.8) is 0 Å². The van der Waals surface area contributed by atoms with Crippen LogP contribution in [-0.2, 0) is 14.3 Å². The van der Waals surface area contributed by atoms with E-state index in [1.54, 1.807) is 6.92 Å². The molecule has 0 N–H and O–H groups in total. The standard InChI is InChI=1S/C6H11BrO3/c1-3-10-6(8)5(7)4-9-2/h5H,3-4H2,1-2H3. The Bertz CT molecular complexity index is 105. The van der Waals surface area contributed by atoms with Crippen LogP contribution in [0.15, 0.2) is 0 Å². The van der Waals surface area contributed by atoms with Crippen LogP contribution in [0.2, 0.25) is 0 Å². The molecule has 0 spiro atoms. The molecule has 0 fully saturated rings. The number of esters is 1. The van der Waals surface area contributed by atoms with Crippen LogP contribution in [0.4, 0.5) is 0 Å². The molecule has 10 heavy (non-hydrogen) atoms. The topological polar surface area (TPSA) is 35.5 Å². The van der Waals surface area contributed by atoms with Crippen LogP contribution in [0.25, 0.3) is 0 Å². The maximum atomic E-state index is 10.8. The lowest BCUT2D eigenvalue weighted by Crippen LogP contribution is -2.21. The third-order valence-electron chi connectivity index (χ3n) is 0.855. The van der Waals surface area contributed by atoms with Gasteiger partial charge in [-0.2, -0.15) is 0 Å². The summed E-state index contributed by atoms with van der Waals surface area (Å²) in [5.41, 5.74) is 0. The Morgan fingerprint density at radius 2 is 2.30 bits per heavy atom. The van der Waals surface area contributed by atoms with Crippen LogP contribution >= 0.6 is 15.9 Å². The highest BCUT2D eigenvalue weighted by Gasteiger charge is 2.14. The minimum Gasteiger partial charge on any atom is -0.465 e. The molecule has 0 aromatic carbocycles. The smallest absolute Gasteiger partial charge is 0.322 e. The molecule has 0 bridgehead atoms. The summed E-state index contributed by atoms with van der Waals surface area (Å²) in [6.45, 7) is 2.52. The summed E-state index contributed by atoms with van der Waals surface area (Å²) in [5, 5.41) is 0. The normalized spacial score (nSPS) is 12.7. The quantitative estimate of drug-likeness (QED) is 0.513. The van der Waals surface area contributed by atoms with Crippen molar-refractivity contribution in [1.29, 1.82) is 0 Å². The number of halogens is 1. The third-order valence-corrected chi connectivity index (χ3v) is 1.49. The summed E-state index contributed by atoms with van der Waals surface area (Å²) in [5.74, 6) is -0.274. The van der Waals surface area contributed by atoms with Gasteiger partial charge >= 0.3 is 5.97 Å². The molecule has 3 nitrogen and oxygen atoms in total. The maximum absolute atomic E-state index is 10.8. The molecule has 0 saturated heterocycles. The molecule has 0 aliphatic carbocycles. The van der Waals surface area contributed by atoms with Crippen LogP contribution in [0.5, 0.6) is 0 Å². The van der Waals surface area contributed by atoms with Crippen LogP contribution in [0, 0.1) is 0 Å². The second kappa shape index (κ2) is 5.68. The van der Waals surface area contributed by atoms with E-state index in [0.717, 1.165) is 0 Å². The molecule has 60 valence electrons. The van der Waals surface area contributed by atoms with Crippen LogP contribution < -0.4 is 0 Å². The van der Waals surface area contributed by atoms with E-state index in [4.69, 9.17) is 9.47 Å². The predicted octanol–water partition coefficient (Wildman–Crippen LogP) is 0.959. The van der Waals surface area contributed by atoms with Crippen molar-refractivity contribution in [3.8, 4) is 0 Å². The van der Waals surface area contributed by atoms with E-state index in [2.05, 4.69) is 15.9 Å². The van der Waals surface area contributed by atoms with E-state index in [1.807, 2.05) is 0 Å². The van der Waals surface area contributed by atoms with E-state index in [0.29, 0.717) is 13.2 Å². The number of carbonyl (C=O) groups excluding carboxylic acids is 1. The lowest BCUT2D eigenvalue weighted by atomic mass is 10.5. The van der Waals surface area contributed by atoms with Gasteiger partial charge in [-0.15, -0.1) is 0 Å². The van der Waals surface area contributed by atoms with Crippen molar-refractivity contribution < 1.29 is 14.3 Å². The Balaban J connectivity index is 3.49. The largest absolute Gasteiger partial charge is 0.465 e. The van der Waals surface area contributed by atoms with Crippen molar-refractivity contribution in [1.82, 2.24) is 0 Å². The minimum atomic E-state index is -0.336. The summed E-state index contributed by atoms with van der Waals surface area (Å²) in [6.07, 6.45) is 0. The number of methoxy groups -OCH3 is 1. The summed E-state index contributed by atoms with van der Waals surface area (Å²) >= 11 is 3.10. The zero-order chi connectivity index (χ0) is 7.98. The van der Waals surface area contributed by atoms with E-state index < -0.39 is 0 Å². The first-order valence-corrected chi connectivity index (χ1v) is 3.93. The van der Waals surface area contributed by atoms with E-state index >= 15 is 0 Å². The zero-order valence-electron chi connectivity index (χ0n) is 6.09. The molecule has 0 heterocycles. The summed E-state index contributed by atoms with van der Waals surface area (Å²) in [7, 11) is 1.54. The second-order valence-electron chi connectivity index (χ2n) is 1.67. The molecule has 4 heteroatoms. The molecule has 0 aromatic heterocycles. The Hall–Kier alpha value is -0.0900. The highest BCUT2D eigenvalue weighted by molar-refractivity contribution is 9.10. The molecule has 0 rings (SSSR count). The number of hydrogen-bond acceptors (Lipinski definition) is 3. The van der Waals surface area contributed by atoms with Gasteiger partial charge in [0.1, 0.15) is 4.83 Å². The summed E-state index contributed by atoms with van der Waals surface area (Å²) in [6, 6.07) is 0. The number of carbonyl (C=O) groups is 1. The Morgan fingerprint density at radius 3 is 2.70 bits per heavy atom.